The normalized spacial score (nSPS) is 28.0. The fourth-order valence-corrected chi connectivity index (χ4v) is 3.57. The van der Waals surface area contributed by atoms with Gasteiger partial charge in [-0.05, 0) is 0 Å². The summed E-state index contributed by atoms with van der Waals surface area (Å²) in [6.07, 6.45) is -2.17. The van der Waals surface area contributed by atoms with Crippen LogP contribution in [-0.2, 0) is 13.8 Å². The molecular weight excluding hydrogens is 383 g/mol. The van der Waals surface area contributed by atoms with E-state index in [9.17, 15) is 14.8 Å². The van der Waals surface area contributed by atoms with Gasteiger partial charge < -0.3 is 35.0 Å². The van der Waals surface area contributed by atoms with Crippen LogP contribution in [0.4, 0.5) is 5.82 Å². The van der Waals surface area contributed by atoms with Crippen molar-refractivity contribution in [1.29, 1.82) is 0 Å². The molecule has 14 heteroatoms. The van der Waals surface area contributed by atoms with Crippen molar-refractivity contribution < 1.29 is 33.8 Å². The highest BCUT2D eigenvalue weighted by molar-refractivity contribution is 7.46. The molecule has 0 bridgehead atoms. The number of phosphoric acid groups is 1. The quantitative estimate of drug-likeness (QED) is 0.365. The zero-order chi connectivity index (χ0) is 19.5. The standard InChI is InChI=1S/C13H17N6O7P/c1-18-11-7-5(10(14)17-18)2-19(12(7)16-4-15-11)13-9(21)8(20)6(26-13)3-25-27(22,23)24/h2,4,6,8-9,13,20-21H,3H2,1H3,(H2,14,17)(H2,22,23,24)/t6-,8-,9-,13?/m1/s1. The van der Waals surface area contributed by atoms with Crippen molar-refractivity contribution in [3.63, 3.8) is 0 Å². The van der Waals surface area contributed by atoms with E-state index in [4.69, 9.17) is 20.3 Å². The molecule has 0 radical (unpaired) electrons. The number of phosphoric ester groups is 1. The minimum Gasteiger partial charge on any atom is -0.387 e. The van der Waals surface area contributed by atoms with Crippen molar-refractivity contribution in [2.24, 2.45) is 10.8 Å². The number of hydrogen-bond acceptors (Lipinski definition) is 10. The van der Waals surface area contributed by atoms with Crippen molar-refractivity contribution in [1.82, 2.24) is 14.5 Å². The largest absolute Gasteiger partial charge is 0.469 e. The number of aliphatic hydroxyl groups excluding tert-OH is 2. The average Bonchev–Trinajstić information content (AvgIpc) is 3.11. The van der Waals surface area contributed by atoms with Crippen LogP contribution in [0, 0.1) is 0 Å². The Labute approximate surface area is 151 Å². The summed E-state index contributed by atoms with van der Waals surface area (Å²) in [4.78, 5) is 26.0. The molecule has 2 aliphatic rings. The lowest BCUT2D eigenvalue weighted by atomic mass is 10.1. The Morgan fingerprint density at radius 3 is 2.78 bits per heavy atom. The Morgan fingerprint density at radius 1 is 1.33 bits per heavy atom. The zero-order valence-electron chi connectivity index (χ0n) is 13.9. The van der Waals surface area contributed by atoms with E-state index in [0.29, 0.717) is 22.4 Å². The van der Waals surface area contributed by atoms with Gasteiger partial charge in [0.25, 0.3) is 0 Å². The monoisotopic (exact) mass is 400 g/mol. The van der Waals surface area contributed by atoms with Gasteiger partial charge in [-0.25, -0.2) is 19.5 Å². The van der Waals surface area contributed by atoms with Crippen LogP contribution in [0.3, 0.4) is 0 Å². The summed E-state index contributed by atoms with van der Waals surface area (Å²) < 4.78 is 22.3. The zero-order valence-corrected chi connectivity index (χ0v) is 14.8. The third kappa shape index (κ3) is 2.99. The van der Waals surface area contributed by atoms with Crippen LogP contribution in [0.15, 0.2) is 17.6 Å². The predicted molar refractivity (Wildman–Crippen MR) is 90.6 cm³/mol. The van der Waals surface area contributed by atoms with Crippen molar-refractivity contribution >= 4 is 30.5 Å². The number of anilines is 1. The predicted octanol–water partition coefficient (Wildman–Crippen LogP) is -1.77. The third-order valence-corrected chi connectivity index (χ3v) is 4.93. The molecule has 4 rings (SSSR count). The molecule has 13 nitrogen and oxygen atoms in total. The van der Waals surface area contributed by atoms with Gasteiger partial charge in [0.1, 0.15) is 30.3 Å². The smallest absolute Gasteiger partial charge is 0.387 e. The maximum absolute atomic E-state index is 10.9. The number of hydrazone groups is 1. The van der Waals surface area contributed by atoms with Crippen LogP contribution >= 0.6 is 7.82 Å². The number of rotatable bonds is 4. The Kier molecular flexibility index (Phi) is 4.20. The first kappa shape index (κ1) is 18.3. The molecule has 2 aliphatic heterocycles. The van der Waals surface area contributed by atoms with Crippen molar-refractivity contribution in [3.8, 4) is 0 Å². The number of aliphatic hydroxyl groups is 2. The van der Waals surface area contributed by atoms with E-state index in [0.717, 1.165) is 0 Å². The first-order chi connectivity index (χ1) is 12.7. The summed E-state index contributed by atoms with van der Waals surface area (Å²) in [6, 6.07) is 0. The molecule has 27 heavy (non-hydrogen) atoms. The molecule has 0 saturated carbocycles. The van der Waals surface area contributed by atoms with Crippen molar-refractivity contribution in [2.45, 2.75) is 24.5 Å². The Balaban J connectivity index is 1.72. The molecule has 146 valence electrons. The second-order valence-corrected chi connectivity index (χ2v) is 7.43. The van der Waals surface area contributed by atoms with Crippen LogP contribution < -0.4 is 10.7 Å². The average molecular weight is 400 g/mol. The maximum Gasteiger partial charge on any atom is 0.469 e. The molecule has 0 amide bonds. The highest BCUT2D eigenvalue weighted by atomic mass is 31.2. The molecule has 4 atom stereocenters. The third-order valence-electron chi connectivity index (χ3n) is 4.45. The minimum absolute atomic E-state index is 0.220. The number of nitrogens with two attached hydrogens (primary N) is 1. The van der Waals surface area contributed by atoms with Gasteiger partial charge in [0, 0.05) is 18.8 Å². The number of nitrogens with zero attached hydrogens (tertiary/aromatic N) is 5. The van der Waals surface area contributed by atoms with E-state index >= 15 is 0 Å². The molecule has 0 aliphatic carbocycles. The van der Waals surface area contributed by atoms with E-state index in [1.807, 2.05) is 0 Å². The summed E-state index contributed by atoms with van der Waals surface area (Å²) in [5.74, 6) is 0.732. The molecule has 1 saturated heterocycles. The van der Waals surface area contributed by atoms with Gasteiger partial charge in [-0.1, -0.05) is 0 Å². The van der Waals surface area contributed by atoms with Gasteiger partial charge >= 0.3 is 7.82 Å². The van der Waals surface area contributed by atoms with E-state index in [2.05, 4.69) is 19.6 Å². The summed E-state index contributed by atoms with van der Waals surface area (Å²) in [7, 11) is -3.07. The van der Waals surface area contributed by atoms with Crippen LogP contribution in [0.5, 0.6) is 0 Å². The number of hydrogen-bond donors (Lipinski definition) is 5. The lowest BCUT2D eigenvalue weighted by molar-refractivity contribution is -0.0501. The highest BCUT2D eigenvalue weighted by Gasteiger charge is 2.45. The van der Waals surface area contributed by atoms with Gasteiger partial charge in [0.15, 0.2) is 17.9 Å². The molecule has 0 spiro atoms. The van der Waals surface area contributed by atoms with Crippen molar-refractivity contribution in [3.05, 3.63) is 18.1 Å². The summed E-state index contributed by atoms with van der Waals surface area (Å²) >= 11 is 0. The van der Waals surface area contributed by atoms with Crippen molar-refractivity contribution in [2.75, 3.05) is 18.7 Å². The Bertz CT molecular complexity index is 973. The second-order valence-electron chi connectivity index (χ2n) is 6.19. The number of ether oxygens (including phenoxy) is 1. The lowest BCUT2D eigenvalue weighted by Gasteiger charge is -2.19. The Hall–Kier alpha value is -2.12. The van der Waals surface area contributed by atoms with E-state index in [1.54, 1.807) is 13.2 Å². The van der Waals surface area contributed by atoms with Gasteiger partial charge in [-0.3, -0.25) is 4.52 Å². The maximum atomic E-state index is 10.9. The molecular formula is C13H17N6O7P. The van der Waals surface area contributed by atoms with Gasteiger partial charge in [0.2, 0.25) is 0 Å². The molecule has 4 heterocycles. The first-order valence-corrected chi connectivity index (χ1v) is 9.36. The lowest BCUT2D eigenvalue weighted by Crippen LogP contribution is -2.33. The summed E-state index contributed by atoms with van der Waals surface area (Å²) in [5.41, 5.74) is 6.91. The van der Waals surface area contributed by atoms with Crippen LogP contribution in [0.25, 0.3) is 11.0 Å². The summed E-state index contributed by atoms with van der Waals surface area (Å²) in [5, 5.41) is 26.8. The van der Waals surface area contributed by atoms with Gasteiger partial charge in [-0.15, -0.1) is 0 Å². The molecule has 2 aromatic rings. The van der Waals surface area contributed by atoms with Gasteiger partial charge in [0.05, 0.1) is 12.0 Å². The minimum atomic E-state index is -4.75. The molecule has 2 aromatic heterocycles. The summed E-state index contributed by atoms with van der Waals surface area (Å²) in [6.45, 7) is -0.600. The fourth-order valence-electron chi connectivity index (χ4n) is 3.23. The van der Waals surface area contributed by atoms with Gasteiger partial charge in [-0.2, -0.15) is 5.10 Å². The molecule has 0 aromatic carbocycles. The first-order valence-electron chi connectivity index (χ1n) is 7.83. The Morgan fingerprint density at radius 2 is 2.07 bits per heavy atom. The fraction of sp³-hybridized carbons (Fsp3) is 0.462. The highest BCUT2D eigenvalue weighted by Crippen LogP contribution is 2.40. The van der Waals surface area contributed by atoms with Crippen LogP contribution in [0.2, 0.25) is 0 Å². The second kappa shape index (κ2) is 6.21. The van der Waals surface area contributed by atoms with E-state index in [-0.39, 0.29) is 5.84 Å². The SMILES string of the molecule is CN1N=C(N)c2cn(C3O[C@H](COP(=O)(O)O)[C@@H](O)[C@H]3O)c3ncnc1c23. The van der Waals surface area contributed by atoms with Crippen LogP contribution in [-0.4, -0.2) is 72.3 Å². The molecule has 6 N–H and O–H groups in total. The molecule has 1 unspecified atom stereocenters. The van der Waals surface area contributed by atoms with E-state index < -0.39 is 39.0 Å². The van der Waals surface area contributed by atoms with E-state index in [1.165, 1.54) is 15.9 Å². The topological polar surface area (TPSA) is 189 Å². The van der Waals surface area contributed by atoms with Crippen LogP contribution in [0.1, 0.15) is 11.8 Å². The molecule has 1 fully saturated rings. The number of aromatic nitrogens is 3. The number of amidine groups is 1.